The van der Waals surface area contributed by atoms with Gasteiger partial charge in [0.2, 0.25) is 0 Å². The van der Waals surface area contributed by atoms with Crippen LogP contribution in [0.25, 0.3) is 10.8 Å². The van der Waals surface area contributed by atoms with E-state index in [1.54, 1.807) is 43.5 Å². The Morgan fingerprint density at radius 2 is 1.68 bits per heavy atom. The van der Waals surface area contributed by atoms with Crippen LogP contribution in [0, 0.1) is 0 Å². The molecular weight excluding hydrogens is 585 g/mol. The van der Waals surface area contributed by atoms with Gasteiger partial charge in [0.1, 0.15) is 18.2 Å². The summed E-state index contributed by atoms with van der Waals surface area (Å²) in [6.07, 6.45) is -0.919. The Balaban J connectivity index is 0.000000676. The van der Waals surface area contributed by atoms with Crippen LogP contribution in [0.2, 0.25) is 0 Å². The Morgan fingerprint density at radius 1 is 1.05 bits per heavy atom. The van der Waals surface area contributed by atoms with E-state index >= 15 is 0 Å². The summed E-state index contributed by atoms with van der Waals surface area (Å²) >= 11 is 0. The largest absolute Gasteiger partial charge is 0.491 e. The van der Waals surface area contributed by atoms with Crippen LogP contribution in [0.3, 0.4) is 0 Å². The fraction of sp³-hybridized carbons (Fsp3) is 0.367. The Hall–Kier alpha value is -4.88. The zero-order chi connectivity index (χ0) is 32.3. The van der Waals surface area contributed by atoms with Crippen LogP contribution in [0.4, 0.5) is 19.0 Å². The Morgan fingerprint density at radius 3 is 2.30 bits per heavy atom. The van der Waals surface area contributed by atoms with Gasteiger partial charge in [0, 0.05) is 42.2 Å². The lowest BCUT2D eigenvalue weighted by atomic mass is 10.1. The van der Waals surface area contributed by atoms with Crippen molar-refractivity contribution in [3.63, 3.8) is 0 Å². The summed E-state index contributed by atoms with van der Waals surface area (Å²) in [5.41, 5.74) is 6.97. The summed E-state index contributed by atoms with van der Waals surface area (Å²) in [6, 6.07) is 13.6. The second kappa shape index (κ2) is 15.5. The van der Waals surface area contributed by atoms with E-state index in [1.807, 2.05) is 23.1 Å². The molecule has 4 N–H and O–H groups in total. The van der Waals surface area contributed by atoms with Crippen molar-refractivity contribution in [1.29, 1.82) is 0 Å². The zero-order valence-corrected chi connectivity index (χ0v) is 23.9. The monoisotopic (exact) mass is 618 g/mol. The van der Waals surface area contributed by atoms with Gasteiger partial charge in [0.25, 0.3) is 11.8 Å². The summed E-state index contributed by atoms with van der Waals surface area (Å²) in [6.45, 7) is 3.72. The van der Waals surface area contributed by atoms with Crippen molar-refractivity contribution in [2.24, 2.45) is 0 Å². The van der Waals surface area contributed by atoms with Crippen molar-refractivity contribution in [1.82, 2.24) is 15.2 Å². The fourth-order valence-electron chi connectivity index (χ4n) is 4.31. The van der Waals surface area contributed by atoms with Gasteiger partial charge in [-0.25, -0.2) is 9.78 Å². The van der Waals surface area contributed by atoms with Crippen molar-refractivity contribution < 1.29 is 46.9 Å². The number of nitrogens with one attached hydrogen (secondary N) is 1. The molecule has 3 aromatic rings. The van der Waals surface area contributed by atoms with Crippen molar-refractivity contribution >= 4 is 40.3 Å². The quantitative estimate of drug-likeness (QED) is 0.283. The third kappa shape index (κ3) is 9.85. The summed E-state index contributed by atoms with van der Waals surface area (Å²) in [4.78, 5) is 52.3. The number of rotatable bonds is 10. The second-order valence-electron chi connectivity index (χ2n) is 9.78. The number of nitrogens with two attached hydrogens (primary N) is 1. The molecule has 2 aromatic carbocycles. The third-order valence-corrected chi connectivity index (χ3v) is 6.59. The molecule has 44 heavy (non-hydrogen) atoms. The van der Waals surface area contributed by atoms with Gasteiger partial charge in [-0.1, -0.05) is 6.07 Å². The second-order valence-corrected chi connectivity index (χ2v) is 9.78. The first-order valence-electron chi connectivity index (χ1n) is 13.8. The highest BCUT2D eigenvalue weighted by molar-refractivity contribution is 5.98. The Bertz CT molecular complexity index is 1460. The van der Waals surface area contributed by atoms with Gasteiger partial charge in [0.15, 0.2) is 0 Å². The highest BCUT2D eigenvalue weighted by Crippen LogP contribution is 2.24. The number of hydrogen-bond donors (Lipinski definition) is 3. The van der Waals surface area contributed by atoms with Crippen molar-refractivity contribution in [2.75, 3.05) is 32.0 Å². The van der Waals surface area contributed by atoms with E-state index in [-0.39, 0.29) is 30.8 Å². The molecule has 2 amide bonds. The van der Waals surface area contributed by atoms with Crippen LogP contribution in [-0.4, -0.2) is 77.3 Å². The number of benzene rings is 2. The van der Waals surface area contributed by atoms with Gasteiger partial charge >= 0.3 is 18.1 Å². The number of aromatic nitrogens is 1. The molecule has 14 heteroatoms. The number of nitrogen functional groups attached to an aromatic ring is 1. The van der Waals surface area contributed by atoms with Crippen LogP contribution in [0.5, 0.6) is 5.75 Å². The first-order chi connectivity index (χ1) is 20.9. The minimum atomic E-state index is -5.08. The molecule has 4 rings (SSSR count). The SMILES string of the molecule is CCOC(=O)CC[C@H](COc1ccc2ccnc(N)c2c1)NC(=O)c1ccc(C(=O)N2CCCC2)cc1.O=C(O)C(F)(F)F. The van der Waals surface area contributed by atoms with Crippen LogP contribution >= 0.6 is 0 Å². The van der Waals surface area contributed by atoms with Crippen molar-refractivity contribution in [3.05, 3.63) is 65.9 Å². The number of esters is 1. The van der Waals surface area contributed by atoms with E-state index in [4.69, 9.17) is 25.1 Å². The number of carbonyl (C=O) groups is 4. The molecule has 0 saturated carbocycles. The molecule has 1 atom stereocenters. The molecule has 236 valence electrons. The van der Waals surface area contributed by atoms with Gasteiger partial charge < -0.3 is 30.5 Å². The Labute approximate surface area is 251 Å². The van der Waals surface area contributed by atoms with Crippen LogP contribution in [0.1, 0.15) is 53.3 Å². The first kappa shape index (κ1) is 33.6. The smallest absolute Gasteiger partial charge is 0.490 e. The van der Waals surface area contributed by atoms with E-state index in [0.717, 1.165) is 36.7 Å². The molecule has 1 aliphatic rings. The number of carboxylic acids is 1. The van der Waals surface area contributed by atoms with E-state index < -0.39 is 18.2 Å². The van der Waals surface area contributed by atoms with Gasteiger partial charge in [-0.3, -0.25) is 14.4 Å². The van der Waals surface area contributed by atoms with Crippen LogP contribution in [0.15, 0.2) is 54.7 Å². The number of amides is 2. The first-order valence-corrected chi connectivity index (χ1v) is 13.8. The van der Waals surface area contributed by atoms with Gasteiger partial charge in [-0.15, -0.1) is 0 Å². The molecule has 0 aliphatic carbocycles. The standard InChI is InChI=1S/C28H32N4O5.C2HF3O2/c1-2-36-25(33)12-10-22(18-37-23-11-9-19-13-14-30-26(29)24(19)17-23)31-27(34)20-5-7-21(8-6-20)28(35)32-15-3-4-16-32;3-2(4,5)1(6)7/h5-9,11,13-14,17,22H,2-4,10,12,15-16,18H2,1H3,(H2,29,30)(H,31,34);(H,6,7)/t22-;/m1./s1. The topological polar surface area (TPSA) is 161 Å². The summed E-state index contributed by atoms with van der Waals surface area (Å²) < 4.78 is 42.7. The number of nitrogens with zero attached hydrogens (tertiary/aromatic N) is 2. The number of aliphatic carboxylic acids is 1. The minimum Gasteiger partial charge on any atom is -0.491 e. The predicted molar refractivity (Wildman–Crippen MR) is 154 cm³/mol. The van der Waals surface area contributed by atoms with Gasteiger partial charge in [-0.2, -0.15) is 13.2 Å². The van der Waals surface area contributed by atoms with E-state index in [9.17, 15) is 27.6 Å². The molecule has 0 spiro atoms. The summed E-state index contributed by atoms with van der Waals surface area (Å²) in [7, 11) is 0. The lowest BCUT2D eigenvalue weighted by Crippen LogP contribution is -2.39. The lowest BCUT2D eigenvalue weighted by Gasteiger charge is -2.20. The summed E-state index contributed by atoms with van der Waals surface area (Å²) in [5.74, 6) is -2.45. The maximum Gasteiger partial charge on any atom is 0.490 e. The lowest BCUT2D eigenvalue weighted by molar-refractivity contribution is -0.192. The molecule has 1 fully saturated rings. The molecule has 0 radical (unpaired) electrons. The number of fused-ring (bicyclic) bond motifs is 1. The normalized spacial score (nSPS) is 13.4. The van der Waals surface area contributed by atoms with Gasteiger partial charge in [-0.05, 0) is 74.0 Å². The van der Waals surface area contributed by atoms with Crippen molar-refractivity contribution in [2.45, 2.75) is 44.8 Å². The molecule has 0 bridgehead atoms. The minimum absolute atomic E-state index is 0.0172. The van der Waals surface area contributed by atoms with E-state index in [1.165, 1.54) is 0 Å². The average Bonchev–Trinajstić information content (AvgIpc) is 3.54. The van der Waals surface area contributed by atoms with Crippen LogP contribution in [-0.2, 0) is 14.3 Å². The van der Waals surface area contributed by atoms with Crippen LogP contribution < -0.4 is 15.8 Å². The highest BCUT2D eigenvalue weighted by Gasteiger charge is 2.38. The third-order valence-electron chi connectivity index (χ3n) is 6.59. The maximum atomic E-state index is 13.0. The van der Waals surface area contributed by atoms with E-state index in [2.05, 4.69) is 10.3 Å². The van der Waals surface area contributed by atoms with E-state index in [0.29, 0.717) is 35.7 Å². The number of ether oxygens (including phenoxy) is 2. The summed E-state index contributed by atoms with van der Waals surface area (Å²) in [5, 5.41) is 11.8. The van der Waals surface area contributed by atoms with Crippen molar-refractivity contribution in [3.8, 4) is 5.75 Å². The molecule has 1 saturated heterocycles. The highest BCUT2D eigenvalue weighted by atomic mass is 19.4. The number of pyridine rings is 1. The number of carboxylic acid groups (broad SMARTS) is 1. The number of alkyl halides is 3. The predicted octanol–water partition coefficient (Wildman–Crippen LogP) is 4.21. The number of halogens is 3. The molecule has 2 heterocycles. The molecule has 1 aliphatic heterocycles. The maximum absolute atomic E-state index is 13.0. The molecule has 11 nitrogen and oxygen atoms in total. The molecule has 0 unspecified atom stereocenters. The number of hydrogen-bond acceptors (Lipinski definition) is 8. The fourth-order valence-corrected chi connectivity index (χ4v) is 4.31. The zero-order valence-electron chi connectivity index (χ0n) is 23.9. The molecular formula is C30H33F3N4O7. The Kier molecular flexibility index (Phi) is 11.9. The average molecular weight is 619 g/mol. The number of anilines is 1. The number of likely N-dealkylation sites (tertiary alicyclic amines) is 1. The number of carbonyl (C=O) groups excluding carboxylic acids is 3. The molecule has 1 aromatic heterocycles. The van der Waals surface area contributed by atoms with Gasteiger partial charge in [0.05, 0.1) is 12.6 Å².